The van der Waals surface area contributed by atoms with E-state index in [1.165, 1.54) is 22.8 Å². The number of rotatable bonds is 6. The summed E-state index contributed by atoms with van der Waals surface area (Å²) in [5, 5.41) is 3.02. The van der Waals surface area contributed by atoms with E-state index in [1.807, 2.05) is 0 Å². The van der Waals surface area contributed by atoms with Crippen molar-refractivity contribution in [1.29, 1.82) is 0 Å². The van der Waals surface area contributed by atoms with Gasteiger partial charge in [-0.1, -0.05) is 30.3 Å². The number of amides is 1. The van der Waals surface area contributed by atoms with E-state index in [1.54, 1.807) is 30.3 Å². The molecule has 2 fully saturated rings. The molecule has 0 saturated carbocycles. The van der Waals surface area contributed by atoms with Crippen LogP contribution in [0.3, 0.4) is 0 Å². The number of piperidine rings is 1. The van der Waals surface area contributed by atoms with Crippen LogP contribution in [0.1, 0.15) is 31.2 Å². The van der Waals surface area contributed by atoms with E-state index in [4.69, 9.17) is 0 Å². The van der Waals surface area contributed by atoms with E-state index in [0.717, 1.165) is 18.7 Å². The van der Waals surface area contributed by atoms with Gasteiger partial charge in [-0.15, -0.1) is 0 Å². The van der Waals surface area contributed by atoms with Crippen LogP contribution in [-0.4, -0.2) is 44.8 Å². The normalized spacial score (nSPS) is 18.5. The number of benzene rings is 2. The minimum Gasteiger partial charge on any atom is -0.372 e. The first-order chi connectivity index (χ1) is 14.5. The number of nitrogens with zero attached hydrogens (tertiary/aromatic N) is 2. The molecule has 2 saturated heterocycles. The molecule has 1 N–H and O–H groups in total. The fourth-order valence-electron chi connectivity index (χ4n) is 4.23. The lowest BCUT2D eigenvalue weighted by molar-refractivity contribution is -0.126. The number of hydrogen-bond acceptors (Lipinski definition) is 4. The van der Waals surface area contributed by atoms with Gasteiger partial charge in [-0.3, -0.25) is 4.79 Å². The molecule has 2 heterocycles. The summed E-state index contributed by atoms with van der Waals surface area (Å²) >= 11 is 0. The van der Waals surface area contributed by atoms with Crippen molar-refractivity contribution in [3.05, 3.63) is 60.2 Å². The van der Waals surface area contributed by atoms with Crippen molar-refractivity contribution < 1.29 is 13.2 Å². The standard InChI is InChI=1S/C23H29N3O3S/c27-23(24-18-19-8-10-21(11-9-19)25-14-4-5-15-25)20-12-16-26(17-13-20)30(28,29)22-6-2-1-3-7-22/h1-3,6-11,20H,4-5,12-18H2,(H,24,27). The Balaban J connectivity index is 1.26. The van der Waals surface area contributed by atoms with Crippen molar-refractivity contribution in [2.75, 3.05) is 31.1 Å². The van der Waals surface area contributed by atoms with Gasteiger partial charge in [0.2, 0.25) is 15.9 Å². The molecule has 0 unspecified atom stereocenters. The molecule has 0 aromatic heterocycles. The number of carbonyl (C=O) groups excluding carboxylic acids is 1. The van der Waals surface area contributed by atoms with Gasteiger partial charge in [-0.25, -0.2) is 8.42 Å². The van der Waals surface area contributed by atoms with Crippen molar-refractivity contribution >= 4 is 21.6 Å². The summed E-state index contributed by atoms with van der Waals surface area (Å²) in [7, 11) is -3.48. The van der Waals surface area contributed by atoms with Crippen LogP contribution in [0.25, 0.3) is 0 Å². The van der Waals surface area contributed by atoms with Gasteiger partial charge in [-0.05, 0) is 55.5 Å². The van der Waals surface area contributed by atoms with E-state index in [9.17, 15) is 13.2 Å². The van der Waals surface area contributed by atoms with Gasteiger partial charge < -0.3 is 10.2 Å². The second kappa shape index (κ2) is 9.18. The van der Waals surface area contributed by atoms with Crippen LogP contribution in [0.5, 0.6) is 0 Å². The van der Waals surface area contributed by atoms with Crippen molar-refractivity contribution in [1.82, 2.24) is 9.62 Å². The SMILES string of the molecule is O=C(NCc1ccc(N2CCCC2)cc1)C1CCN(S(=O)(=O)c2ccccc2)CC1. The van der Waals surface area contributed by atoms with E-state index in [0.29, 0.717) is 37.4 Å². The van der Waals surface area contributed by atoms with Crippen molar-refractivity contribution in [2.45, 2.75) is 37.1 Å². The summed E-state index contributed by atoms with van der Waals surface area (Å²) in [5.41, 5.74) is 2.32. The largest absolute Gasteiger partial charge is 0.372 e. The third-order valence-electron chi connectivity index (χ3n) is 6.08. The van der Waals surface area contributed by atoms with Crippen LogP contribution >= 0.6 is 0 Å². The Hall–Kier alpha value is -2.38. The predicted molar refractivity (Wildman–Crippen MR) is 118 cm³/mol. The van der Waals surface area contributed by atoms with E-state index >= 15 is 0 Å². The fourth-order valence-corrected chi connectivity index (χ4v) is 5.72. The lowest BCUT2D eigenvalue weighted by Gasteiger charge is -2.30. The molecule has 160 valence electrons. The summed E-state index contributed by atoms with van der Waals surface area (Å²) < 4.78 is 26.9. The molecule has 2 aromatic rings. The van der Waals surface area contributed by atoms with Crippen LogP contribution in [0.4, 0.5) is 5.69 Å². The van der Waals surface area contributed by atoms with Crippen LogP contribution in [0.2, 0.25) is 0 Å². The topological polar surface area (TPSA) is 69.7 Å². The minimum absolute atomic E-state index is 0.00961. The molecule has 0 bridgehead atoms. The van der Waals surface area contributed by atoms with Crippen LogP contribution in [0.15, 0.2) is 59.5 Å². The Morgan fingerprint density at radius 2 is 1.53 bits per heavy atom. The highest BCUT2D eigenvalue weighted by molar-refractivity contribution is 7.89. The molecule has 2 aliphatic heterocycles. The zero-order valence-electron chi connectivity index (χ0n) is 17.2. The Labute approximate surface area is 178 Å². The van der Waals surface area contributed by atoms with Gasteiger partial charge in [0.15, 0.2) is 0 Å². The average Bonchev–Trinajstić information content (AvgIpc) is 3.33. The van der Waals surface area contributed by atoms with Crippen molar-refractivity contribution in [3.63, 3.8) is 0 Å². The Morgan fingerprint density at radius 1 is 0.900 bits per heavy atom. The molecule has 0 aliphatic carbocycles. The molecule has 0 spiro atoms. The average molecular weight is 428 g/mol. The van der Waals surface area contributed by atoms with Crippen LogP contribution in [0, 0.1) is 5.92 Å². The van der Waals surface area contributed by atoms with E-state index in [2.05, 4.69) is 34.5 Å². The maximum absolute atomic E-state index is 12.7. The fraction of sp³-hybridized carbons (Fsp3) is 0.435. The Morgan fingerprint density at radius 3 is 2.17 bits per heavy atom. The zero-order valence-corrected chi connectivity index (χ0v) is 18.0. The maximum Gasteiger partial charge on any atom is 0.243 e. The summed E-state index contributed by atoms with van der Waals surface area (Å²) in [6.45, 7) is 3.49. The smallest absolute Gasteiger partial charge is 0.243 e. The first-order valence-electron chi connectivity index (χ1n) is 10.7. The van der Waals surface area contributed by atoms with Gasteiger partial charge in [0, 0.05) is 44.3 Å². The van der Waals surface area contributed by atoms with Crippen molar-refractivity contribution in [2.24, 2.45) is 5.92 Å². The molecule has 6 nitrogen and oxygen atoms in total. The highest BCUT2D eigenvalue weighted by Crippen LogP contribution is 2.24. The Kier molecular flexibility index (Phi) is 6.39. The van der Waals surface area contributed by atoms with Crippen LogP contribution in [-0.2, 0) is 21.4 Å². The second-order valence-corrected chi connectivity index (χ2v) is 10.0. The highest BCUT2D eigenvalue weighted by Gasteiger charge is 2.31. The lowest BCUT2D eigenvalue weighted by atomic mass is 9.97. The van der Waals surface area contributed by atoms with Gasteiger partial charge in [0.1, 0.15) is 0 Å². The van der Waals surface area contributed by atoms with Gasteiger partial charge in [0.25, 0.3) is 0 Å². The molecular weight excluding hydrogens is 398 g/mol. The third-order valence-corrected chi connectivity index (χ3v) is 7.99. The molecule has 4 rings (SSSR count). The predicted octanol–water partition coefficient (Wildman–Crippen LogP) is 3.00. The third kappa shape index (κ3) is 4.68. The first kappa shape index (κ1) is 20.9. The monoisotopic (exact) mass is 427 g/mol. The van der Waals surface area contributed by atoms with E-state index < -0.39 is 10.0 Å². The second-order valence-electron chi connectivity index (χ2n) is 8.07. The van der Waals surface area contributed by atoms with Crippen LogP contribution < -0.4 is 10.2 Å². The summed E-state index contributed by atoms with van der Waals surface area (Å²) in [6.07, 6.45) is 3.60. The Bertz CT molecular complexity index is 947. The number of hydrogen-bond donors (Lipinski definition) is 1. The van der Waals surface area contributed by atoms with Gasteiger partial charge in [-0.2, -0.15) is 4.31 Å². The van der Waals surface area contributed by atoms with Gasteiger partial charge in [0.05, 0.1) is 4.90 Å². The molecule has 1 amide bonds. The zero-order chi connectivity index (χ0) is 21.0. The van der Waals surface area contributed by atoms with Gasteiger partial charge >= 0.3 is 0 Å². The molecule has 2 aromatic carbocycles. The molecule has 30 heavy (non-hydrogen) atoms. The lowest BCUT2D eigenvalue weighted by Crippen LogP contribution is -2.42. The number of sulfonamides is 1. The molecule has 0 radical (unpaired) electrons. The first-order valence-corrected chi connectivity index (χ1v) is 12.1. The maximum atomic E-state index is 12.7. The molecule has 0 atom stereocenters. The quantitative estimate of drug-likeness (QED) is 0.769. The molecule has 7 heteroatoms. The number of nitrogens with one attached hydrogen (secondary N) is 1. The number of carbonyl (C=O) groups is 1. The summed E-state index contributed by atoms with van der Waals surface area (Å²) in [4.78, 5) is 15.3. The molecule has 2 aliphatic rings. The molecular formula is C23H29N3O3S. The number of anilines is 1. The minimum atomic E-state index is -3.48. The summed E-state index contributed by atoms with van der Waals surface area (Å²) in [5.74, 6) is -0.133. The van der Waals surface area contributed by atoms with E-state index in [-0.39, 0.29) is 11.8 Å². The highest BCUT2D eigenvalue weighted by atomic mass is 32.2. The summed E-state index contributed by atoms with van der Waals surface area (Å²) in [6, 6.07) is 16.9. The van der Waals surface area contributed by atoms with Crippen molar-refractivity contribution in [3.8, 4) is 0 Å².